The normalized spacial score (nSPS) is 15.2. The van der Waals surface area contributed by atoms with Gasteiger partial charge in [0.15, 0.2) is 5.82 Å². The van der Waals surface area contributed by atoms with E-state index in [0.29, 0.717) is 36.8 Å². The first-order chi connectivity index (χ1) is 16.0. The Morgan fingerprint density at radius 1 is 1.24 bits per heavy atom. The fourth-order valence-corrected chi connectivity index (χ4v) is 3.70. The largest absolute Gasteiger partial charge is 0.493 e. The monoisotopic (exact) mass is 453 g/mol. The van der Waals surface area contributed by atoms with E-state index in [9.17, 15) is 9.18 Å². The number of rotatable bonds is 9. The van der Waals surface area contributed by atoms with Crippen LogP contribution in [0.2, 0.25) is 0 Å². The van der Waals surface area contributed by atoms with Crippen molar-refractivity contribution in [1.29, 1.82) is 0 Å². The van der Waals surface area contributed by atoms with E-state index in [1.807, 2.05) is 30.0 Å². The Morgan fingerprint density at radius 2 is 2.12 bits per heavy atom. The summed E-state index contributed by atoms with van der Waals surface area (Å²) in [5, 5.41) is 8.56. The third-order valence-corrected chi connectivity index (χ3v) is 5.28. The van der Waals surface area contributed by atoms with Crippen LogP contribution in [0.3, 0.4) is 0 Å². The third-order valence-electron chi connectivity index (χ3n) is 5.28. The maximum atomic E-state index is 14.2. The van der Waals surface area contributed by atoms with Crippen LogP contribution in [-0.2, 0) is 16.0 Å². The van der Waals surface area contributed by atoms with Crippen molar-refractivity contribution in [2.45, 2.75) is 25.8 Å². The van der Waals surface area contributed by atoms with Gasteiger partial charge >= 0.3 is 5.97 Å². The van der Waals surface area contributed by atoms with Crippen LogP contribution in [0.1, 0.15) is 30.6 Å². The van der Waals surface area contributed by atoms with Gasteiger partial charge < -0.3 is 19.5 Å². The van der Waals surface area contributed by atoms with Gasteiger partial charge in [0.1, 0.15) is 23.9 Å². The number of halogens is 1. The van der Waals surface area contributed by atoms with Crippen molar-refractivity contribution < 1.29 is 23.8 Å². The van der Waals surface area contributed by atoms with E-state index in [2.05, 4.69) is 15.0 Å². The highest BCUT2D eigenvalue weighted by atomic mass is 19.1. The second kappa shape index (κ2) is 10.3. The van der Waals surface area contributed by atoms with Crippen LogP contribution in [0.4, 0.5) is 10.2 Å². The van der Waals surface area contributed by atoms with Crippen molar-refractivity contribution in [2.75, 3.05) is 31.3 Å². The van der Waals surface area contributed by atoms with E-state index < -0.39 is 11.9 Å². The summed E-state index contributed by atoms with van der Waals surface area (Å²) in [6, 6.07) is 8.44. The predicted octanol–water partition coefficient (Wildman–Crippen LogP) is 3.07. The molecule has 0 aromatic carbocycles. The van der Waals surface area contributed by atoms with Crippen molar-refractivity contribution in [3.8, 4) is 17.3 Å². The summed E-state index contributed by atoms with van der Waals surface area (Å²) >= 11 is 0. The van der Waals surface area contributed by atoms with Gasteiger partial charge in [-0.1, -0.05) is 6.07 Å². The van der Waals surface area contributed by atoms with E-state index in [1.165, 1.54) is 6.07 Å². The number of aromatic nitrogens is 4. The van der Waals surface area contributed by atoms with Crippen molar-refractivity contribution >= 4 is 11.8 Å². The van der Waals surface area contributed by atoms with E-state index in [0.717, 1.165) is 17.0 Å². The van der Waals surface area contributed by atoms with E-state index in [4.69, 9.17) is 19.6 Å². The molecule has 0 bridgehead atoms. The van der Waals surface area contributed by atoms with Crippen LogP contribution in [-0.4, -0.2) is 57.4 Å². The maximum Gasteiger partial charge on any atom is 0.329 e. The third kappa shape index (κ3) is 5.58. The molecular formula is C23H24FN5O4. The van der Waals surface area contributed by atoms with Gasteiger partial charge in [-0.15, -0.1) is 0 Å². The van der Waals surface area contributed by atoms with Crippen molar-refractivity contribution in [3.05, 3.63) is 59.9 Å². The fourth-order valence-electron chi connectivity index (χ4n) is 3.70. The molecule has 4 rings (SSSR count). The van der Waals surface area contributed by atoms with Gasteiger partial charge in [-0.3, -0.25) is 4.98 Å². The van der Waals surface area contributed by atoms with E-state index >= 15 is 0 Å². The molecule has 1 N–H and O–H groups in total. The first-order valence-electron chi connectivity index (χ1n) is 10.6. The second-order valence-electron chi connectivity index (χ2n) is 7.56. The Kier molecular flexibility index (Phi) is 7.04. The molecular weight excluding hydrogens is 429 g/mol. The van der Waals surface area contributed by atoms with Gasteiger partial charge in [0.25, 0.3) is 0 Å². The van der Waals surface area contributed by atoms with Crippen molar-refractivity contribution in [3.63, 3.8) is 0 Å². The van der Waals surface area contributed by atoms with Gasteiger partial charge in [0.2, 0.25) is 5.95 Å². The van der Waals surface area contributed by atoms with Crippen molar-refractivity contribution in [2.24, 2.45) is 0 Å². The molecule has 1 unspecified atom stereocenters. The lowest BCUT2D eigenvalue weighted by molar-refractivity contribution is -0.142. The van der Waals surface area contributed by atoms with Crippen LogP contribution in [0.15, 0.2) is 42.7 Å². The Bertz CT molecular complexity index is 1120. The maximum absolute atomic E-state index is 14.2. The molecule has 33 heavy (non-hydrogen) atoms. The van der Waals surface area contributed by atoms with Crippen LogP contribution in [0.25, 0.3) is 11.5 Å². The first-order valence-corrected chi connectivity index (χ1v) is 10.6. The summed E-state index contributed by atoms with van der Waals surface area (Å²) in [4.78, 5) is 30.0. The molecule has 10 heteroatoms. The van der Waals surface area contributed by atoms with E-state index in [1.54, 1.807) is 18.5 Å². The summed E-state index contributed by atoms with van der Waals surface area (Å²) in [5.74, 6) is -0.242. The van der Waals surface area contributed by atoms with Crippen LogP contribution in [0, 0.1) is 5.95 Å². The molecule has 0 saturated carbocycles. The lowest BCUT2D eigenvalue weighted by atomic mass is 9.99. The molecule has 0 spiro atoms. The number of carbonyl (C=O) groups is 1. The van der Waals surface area contributed by atoms with Crippen LogP contribution >= 0.6 is 0 Å². The lowest BCUT2D eigenvalue weighted by Gasteiger charge is -2.35. The molecule has 0 amide bonds. The molecule has 172 valence electrons. The van der Waals surface area contributed by atoms with Crippen LogP contribution < -0.4 is 9.64 Å². The van der Waals surface area contributed by atoms with Gasteiger partial charge in [-0.2, -0.15) is 4.39 Å². The minimum atomic E-state index is -1.02. The molecule has 1 aliphatic heterocycles. The summed E-state index contributed by atoms with van der Waals surface area (Å²) in [6.07, 6.45) is 4.66. The number of ether oxygens (including phenoxy) is 2. The number of aliphatic carboxylic acids is 1. The number of fused-ring (bicyclic) bond motifs is 1. The van der Waals surface area contributed by atoms with Crippen molar-refractivity contribution in [1.82, 2.24) is 19.9 Å². The number of anilines is 1. The second-order valence-corrected chi connectivity index (χ2v) is 7.56. The molecule has 0 fully saturated rings. The molecule has 0 radical (unpaired) electrons. The average molecular weight is 453 g/mol. The molecule has 9 nitrogen and oxygen atoms in total. The zero-order valence-corrected chi connectivity index (χ0v) is 18.1. The number of pyridine rings is 2. The van der Waals surface area contributed by atoms with Gasteiger partial charge in [0, 0.05) is 49.5 Å². The summed E-state index contributed by atoms with van der Waals surface area (Å²) < 4.78 is 24.8. The molecule has 3 aromatic heterocycles. The van der Waals surface area contributed by atoms with Gasteiger partial charge in [-0.25, -0.2) is 19.7 Å². The molecule has 0 saturated heterocycles. The summed E-state index contributed by atoms with van der Waals surface area (Å²) in [5.41, 5.74) is 2.63. The highest BCUT2D eigenvalue weighted by molar-refractivity contribution is 5.68. The Labute approximate surface area is 190 Å². The standard InChI is InChI=1S/C23H24FN5O4/c1-15-17-13-26-23(19-5-2-3-7-25-19)27-18(17)6-8-29(15)21-12-16(11-20(24)28-21)33-10-4-9-32-14-22(30)31/h2-3,5,7,11-13,15H,4,6,8-10,14H2,1H3,(H,30,31). The molecule has 3 aromatic rings. The SMILES string of the molecule is CC1c2cnc(-c3ccccn3)nc2CCN1c1cc(OCCCOCC(=O)O)cc(F)n1. The average Bonchev–Trinajstić information content (AvgIpc) is 2.81. The van der Waals surface area contributed by atoms with Crippen LogP contribution in [0.5, 0.6) is 5.75 Å². The summed E-state index contributed by atoms with van der Waals surface area (Å²) in [7, 11) is 0. The summed E-state index contributed by atoms with van der Waals surface area (Å²) in [6.45, 7) is 2.79. The number of carboxylic acids is 1. The molecule has 0 aliphatic carbocycles. The van der Waals surface area contributed by atoms with Gasteiger partial charge in [0.05, 0.1) is 24.9 Å². The highest BCUT2D eigenvalue weighted by Crippen LogP contribution is 2.33. The molecule has 4 heterocycles. The number of carboxylic acid groups (broad SMARTS) is 1. The zero-order chi connectivity index (χ0) is 23.2. The zero-order valence-electron chi connectivity index (χ0n) is 18.1. The lowest BCUT2D eigenvalue weighted by Crippen LogP contribution is -2.35. The highest BCUT2D eigenvalue weighted by Gasteiger charge is 2.27. The molecule has 1 atom stereocenters. The predicted molar refractivity (Wildman–Crippen MR) is 117 cm³/mol. The first kappa shape index (κ1) is 22.5. The minimum Gasteiger partial charge on any atom is -0.493 e. The van der Waals surface area contributed by atoms with E-state index in [-0.39, 0.29) is 25.9 Å². The Hall–Kier alpha value is -3.66. The topological polar surface area (TPSA) is 111 Å². The fraction of sp³-hybridized carbons (Fsp3) is 0.348. The number of hydrogen-bond donors (Lipinski definition) is 1. The quantitative estimate of drug-likeness (QED) is 0.386. The smallest absolute Gasteiger partial charge is 0.329 e. The van der Waals surface area contributed by atoms with Gasteiger partial charge in [-0.05, 0) is 19.1 Å². The number of hydrogen-bond acceptors (Lipinski definition) is 8. The number of nitrogens with zero attached hydrogens (tertiary/aromatic N) is 5. The Balaban J connectivity index is 1.44. The molecule has 1 aliphatic rings. The minimum absolute atomic E-state index is 0.0990. The Morgan fingerprint density at radius 3 is 2.91 bits per heavy atom.